The lowest BCUT2D eigenvalue weighted by Gasteiger charge is -2.32. The van der Waals surface area contributed by atoms with Crippen molar-refractivity contribution in [3.05, 3.63) is 0 Å². The summed E-state index contributed by atoms with van der Waals surface area (Å²) in [4.78, 5) is 0. The Morgan fingerprint density at radius 3 is 2.25 bits per heavy atom. The molecule has 0 heterocycles. The third kappa shape index (κ3) is 3.23. The van der Waals surface area contributed by atoms with Crippen LogP contribution in [0.4, 0.5) is 0 Å². The Kier molecular flexibility index (Phi) is 4.29. The molecule has 0 aromatic rings. The van der Waals surface area contributed by atoms with Crippen LogP contribution in [-0.2, 0) is 0 Å². The highest BCUT2D eigenvalue weighted by molar-refractivity contribution is 4.85. The van der Waals surface area contributed by atoms with Crippen LogP contribution >= 0.6 is 0 Å². The van der Waals surface area contributed by atoms with Crippen molar-refractivity contribution in [1.29, 1.82) is 0 Å². The van der Waals surface area contributed by atoms with E-state index in [4.69, 9.17) is 0 Å². The van der Waals surface area contributed by atoms with E-state index >= 15 is 0 Å². The van der Waals surface area contributed by atoms with Gasteiger partial charge in [0.15, 0.2) is 0 Å². The van der Waals surface area contributed by atoms with Crippen molar-refractivity contribution in [3.8, 4) is 0 Å². The van der Waals surface area contributed by atoms with Crippen LogP contribution in [0.15, 0.2) is 0 Å². The maximum absolute atomic E-state index is 3.85. The summed E-state index contributed by atoms with van der Waals surface area (Å²) < 4.78 is 0. The molecule has 0 saturated heterocycles. The Morgan fingerprint density at radius 2 is 1.69 bits per heavy atom. The summed E-state index contributed by atoms with van der Waals surface area (Å²) in [6.07, 6.45) is 13.0. The fourth-order valence-corrected chi connectivity index (χ4v) is 3.57. The number of hydrogen-bond donors (Lipinski definition) is 1. The van der Waals surface area contributed by atoms with E-state index < -0.39 is 0 Å². The third-order valence-corrected chi connectivity index (χ3v) is 5.05. The minimum absolute atomic E-state index is 0.627. The molecule has 94 valence electrons. The zero-order valence-electron chi connectivity index (χ0n) is 11.2. The normalized spacial score (nSPS) is 34.1. The van der Waals surface area contributed by atoms with Crippen molar-refractivity contribution in [1.82, 2.24) is 5.32 Å². The van der Waals surface area contributed by atoms with E-state index in [1.54, 1.807) is 0 Å². The summed E-state index contributed by atoms with van der Waals surface area (Å²) in [7, 11) is 0. The summed E-state index contributed by atoms with van der Waals surface area (Å²) in [6.45, 7) is 6.09. The average Bonchev–Trinajstić information content (AvgIpc) is 2.75. The van der Waals surface area contributed by atoms with Crippen molar-refractivity contribution >= 4 is 0 Å². The molecule has 2 rings (SSSR count). The Balaban J connectivity index is 1.67. The van der Waals surface area contributed by atoms with Gasteiger partial charge in [0.05, 0.1) is 0 Å². The minimum atomic E-state index is 0.627. The highest BCUT2D eigenvalue weighted by Crippen LogP contribution is 2.37. The summed E-state index contributed by atoms with van der Waals surface area (Å²) in [6, 6.07) is 0.834. The van der Waals surface area contributed by atoms with Crippen molar-refractivity contribution in [2.24, 2.45) is 11.3 Å². The molecule has 0 unspecified atom stereocenters. The van der Waals surface area contributed by atoms with E-state index in [9.17, 15) is 0 Å². The molecule has 0 radical (unpaired) electrons. The van der Waals surface area contributed by atoms with Gasteiger partial charge >= 0.3 is 0 Å². The fourth-order valence-electron chi connectivity index (χ4n) is 3.57. The summed E-state index contributed by atoms with van der Waals surface area (Å²) in [5.74, 6) is 1.03. The lowest BCUT2D eigenvalue weighted by Crippen LogP contribution is -2.39. The maximum atomic E-state index is 3.85. The van der Waals surface area contributed by atoms with Gasteiger partial charge in [-0.15, -0.1) is 0 Å². The van der Waals surface area contributed by atoms with Crippen LogP contribution in [0.25, 0.3) is 0 Å². The van der Waals surface area contributed by atoms with Crippen molar-refractivity contribution in [3.63, 3.8) is 0 Å². The molecule has 0 spiro atoms. The molecule has 2 aliphatic rings. The molecule has 0 amide bonds. The first-order valence-corrected chi connectivity index (χ1v) is 7.45. The molecule has 2 aliphatic carbocycles. The van der Waals surface area contributed by atoms with E-state index in [2.05, 4.69) is 19.2 Å². The predicted octanol–water partition coefficient (Wildman–Crippen LogP) is 4.13. The fraction of sp³-hybridized carbons (Fsp3) is 1.00. The Hall–Kier alpha value is -0.0400. The van der Waals surface area contributed by atoms with Crippen molar-refractivity contribution < 1.29 is 0 Å². The highest BCUT2D eigenvalue weighted by atomic mass is 14.9. The molecule has 1 heteroatoms. The lowest BCUT2D eigenvalue weighted by molar-refractivity contribution is 0.243. The highest BCUT2D eigenvalue weighted by Gasteiger charge is 2.29. The van der Waals surface area contributed by atoms with E-state index in [0.29, 0.717) is 5.41 Å². The Labute approximate surface area is 101 Å². The molecule has 0 bridgehead atoms. The Bertz CT molecular complexity index is 197. The average molecular weight is 223 g/mol. The van der Waals surface area contributed by atoms with Gasteiger partial charge in [0.25, 0.3) is 0 Å². The molecule has 2 saturated carbocycles. The van der Waals surface area contributed by atoms with Gasteiger partial charge in [0.2, 0.25) is 0 Å². The third-order valence-electron chi connectivity index (χ3n) is 5.05. The van der Waals surface area contributed by atoms with E-state index in [0.717, 1.165) is 12.0 Å². The van der Waals surface area contributed by atoms with Crippen LogP contribution in [0, 0.1) is 11.3 Å². The van der Waals surface area contributed by atoms with E-state index in [1.165, 1.54) is 64.3 Å². The van der Waals surface area contributed by atoms with Gasteiger partial charge in [-0.1, -0.05) is 33.1 Å². The summed E-state index contributed by atoms with van der Waals surface area (Å²) >= 11 is 0. The van der Waals surface area contributed by atoms with Gasteiger partial charge in [-0.05, 0) is 49.9 Å². The number of nitrogens with one attached hydrogen (secondary N) is 1. The molecule has 0 atom stereocenters. The molecule has 16 heavy (non-hydrogen) atoms. The molecule has 0 aromatic carbocycles. The van der Waals surface area contributed by atoms with Gasteiger partial charge in [-0.25, -0.2) is 0 Å². The zero-order chi connectivity index (χ0) is 11.4. The largest absolute Gasteiger partial charge is 0.313 e. The topological polar surface area (TPSA) is 12.0 Å². The molecular weight excluding hydrogens is 194 g/mol. The second kappa shape index (κ2) is 5.53. The molecule has 0 aliphatic heterocycles. The second-order valence-electron chi connectivity index (χ2n) is 6.52. The Morgan fingerprint density at radius 1 is 1.06 bits per heavy atom. The standard InChI is InChI=1S/C15H29N/c1-3-13-6-8-14(9-7-13)16-12-15(2)10-4-5-11-15/h13-14,16H,3-12H2,1-2H3. The first-order valence-electron chi connectivity index (χ1n) is 7.45. The van der Waals surface area contributed by atoms with Crippen molar-refractivity contribution in [2.75, 3.05) is 6.54 Å². The van der Waals surface area contributed by atoms with Gasteiger partial charge in [0, 0.05) is 12.6 Å². The summed E-state index contributed by atoms with van der Waals surface area (Å²) in [5.41, 5.74) is 0.627. The van der Waals surface area contributed by atoms with Crippen LogP contribution in [0.5, 0.6) is 0 Å². The SMILES string of the molecule is CCC1CCC(NCC2(C)CCCC2)CC1. The quantitative estimate of drug-likeness (QED) is 0.756. The zero-order valence-corrected chi connectivity index (χ0v) is 11.2. The van der Waals surface area contributed by atoms with Crippen LogP contribution < -0.4 is 5.32 Å². The van der Waals surface area contributed by atoms with Gasteiger partial charge in [0.1, 0.15) is 0 Å². The van der Waals surface area contributed by atoms with Gasteiger partial charge < -0.3 is 5.32 Å². The van der Waals surface area contributed by atoms with E-state index in [-0.39, 0.29) is 0 Å². The second-order valence-corrected chi connectivity index (χ2v) is 6.52. The molecule has 1 nitrogen and oxygen atoms in total. The van der Waals surface area contributed by atoms with E-state index in [1.807, 2.05) is 0 Å². The van der Waals surface area contributed by atoms with Gasteiger partial charge in [-0.2, -0.15) is 0 Å². The molecular formula is C15H29N. The maximum Gasteiger partial charge on any atom is 0.00674 e. The van der Waals surface area contributed by atoms with Crippen LogP contribution in [0.3, 0.4) is 0 Å². The predicted molar refractivity (Wildman–Crippen MR) is 70.6 cm³/mol. The first-order chi connectivity index (χ1) is 7.72. The van der Waals surface area contributed by atoms with Crippen molar-refractivity contribution in [2.45, 2.75) is 77.7 Å². The molecule has 0 aromatic heterocycles. The number of hydrogen-bond acceptors (Lipinski definition) is 1. The van der Waals surface area contributed by atoms with Crippen LogP contribution in [-0.4, -0.2) is 12.6 Å². The molecule has 1 N–H and O–H groups in total. The monoisotopic (exact) mass is 223 g/mol. The molecule has 2 fully saturated rings. The van der Waals surface area contributed by atoms with Crippen LogP contribution in [0.1, 0.15) is 71.6 Å². The van der Waals surface area contributed by atoms with Crippen LogP contribution in [0.2, 0.25) is 0 Å². The smallest absolute Gasteiger partial charge is 0.00674 e. The first kappa shape index (κ1) is 12.4. The van der Waals surface area contributed by atoms with Gasteiger partial charge in [-0.3, -0.25) is 0 Å². The summed E-state index contributed by atoms with van der Waals surface area (Å²) in [5, 5.41) is 3.85. The minimum Gasteiger partial charge on any atom is -0.313 e. The lowest BCUT2D eigenvalue weighted by atomic mass is 9.83. The number of rotatable bonds is 4.